The summed E-state index contributed by atoms with van der Waals surface area (Å²) in [4.78, 5) is 11.9. The van der Waals surface area contributed by atoms with Crippen LogP contribution in [0.4, 0.5) is 0 Å². The number of fused-ring (bicyclic) bond motifs is 2. The van der Waals surface area contributed by atoms with Crippen LogP contribution >= 0.6 is 31.9 Å². The van der Waals surface area contributed by atoms with Gasteiger partial charge in [0, 0.05) is 20.9 Å². The number of halogens is 2. The van der Waals surface area contributed by atoms with Crippen molar-refractivity contribution in [1.82, 2.24) is 0 Å². The molecule has 0 bridgehead atoms. The summed E-state index contributed by atoms with van der Waals surface area (Å²) in [5.41, 5.74) is 2.09. The van der Waals surface area contributed by atoms with Crippen LogP contribution < -0.4 is 0 Å². The quantitative estimate of drug-likeness (QED) is 0.659. The standard InChI is InChI=1S/C14H10Br2O/c15-12-4-5-13(16)11-7-9-8(6-10(11)12)2-1-3-14(9)17/h4-7H,1-3H2. The van der Waals surface area contributed by atoms with Crippen molar-refractivity contribution < 1.29 is 4.79 Å². The van der Waals surface area contributed by atoms with Gasteiger partial charge in [0.1, 0.15) is 0 Å². The highest BCUT2D eigenvalue weighted by Gasteiger charge is 2.18. The number of hydrogen-bond acceptors (Lipinski definition) is 1. The van der Waals surface area contributed by atoms with Crippen LogP contribution in [-0.2, 0) is 6.42 Å². The lowest BCUT2D eigenvalue weighted by atomic mass is 9.88. The Balaban J connectivity index is 2.39. The van der Waals surface area contributed by atoms with E-state index in [9.17, 15) is 4.79 Å². The zero-order chi connectivity index (χ0) is 12.0. The molecular weight excluding hydrogens is 344 g/mol. The van der Waals surface area contributed by atoms with E-state index in [1.165, 1.54) is 10.9 Å². The minimum Gasteiger partial charge on any atom is -0.294 e. The Morgan fingerprint density at radius 1 is 0.941 bits per heavy atom. The molecule has 1 nitrogen and oxygen atoms in total. The second-order valence-electron chi connectivity index (χ2n) is 4.36. The first-order valence-corrected chi connectivity index (χ1v) is 7.19. The van der Waals surface area contributed by atoms with Crippen LogP contribution in [0.3, 0.4) is 0 Å². The number of rotatable bonds is 0. The molecule has 0 unspecified atom stereocenters. The summed E-state index contributed by atoms with van der Waals surface area (Å²) in [6, 6.07) is 8.22. The Morgan fingerprint density at radius 3 is 2.29 bits per heavy atom. The number of aryl methyl sites for hydroxylation is 1. The summed E-state index contributed by atoms with van der Waals surface area (Å²) in [6.07, 6.45) is 2.67. The molecule has 2 aromatic rings. The van der Waals surface area contributed by atoms with Gasteiger partial charge in [-0.25, -0.2) is 0 Å². The van der Waals surface area contributed by atoms with Crippen LogP contribution in [-0.4, -0.2) is 5.78 Å². The highest BCUT2D eigenvalue weighted by Crippen LogP contribution is 2.34. The van der Waals surface area contributed by atoms with E-state index in [4.69, 9.17) is 0 Å². The number of Topliss-reactive ketones (excluding diaryl/α,β-unsaturated/α-hetero) is 1. The topological polar surface area (TPSA) is 17.1 Å². The van der Waals surface area contributed by atoms with Crippen molar-refractivity contribution in [1.29, 1.82) is 0 Å². The van der Waals surface area contributed by atoms with Crippen LogP contribution in [0.2, 0.25) is 0 Å². The Kier molecular flexibility index (Phi) is 2.83. The zero-order valence-electron chi connectivity index (χ0n) is 9.09. The van der Waals surface area contributed by atoms with Crippen LogP contribution in [0.25, 0.3) is 10.8 Å². The molecule has 2 aromatic carbocycles. The molecule has 0 saturated carbocycles. The maximum absolute atomic E-state index is 11.9. The van der Waals surface area contributed by atoms with Gasteiger partial charge in [0.05, 0.1) is 0 Å². The largest absolute Gasteiger partial charge is 0.294 e. The molecule has 3 heteroatoms. The van der Waals surface area contributed by atoms with E-state index in [1.54, 1.807) is 0 Å². The van der Waals surface area contributed by atoms with Gasteiger partial charge in [-0.1, -0.05) is 31.9 Å². The molecule has 0 amide bonds. The Morgan fingerprint density at radius 2 is 1.59 bits per heavy atom. The van der Waals surface area contributed by atoms with Gasteiger partial charge in [-0.2, -0.15) is 0 Å². The molecule has 0 spiro atoms. The third-order valence-electron chi connectivity index (χ3n) is 3.28. The second-order valence-corrected chi connectivity index (χ2v) is 6.07. The molecule has 0 atom stereocenters. The molecule has 0 saturated heterocycles. The summed E-state index contributed by atoms with van der Waals surface area (Å²) in [7, 11) is 0. The summed E-state index contributed by atoms with van der Waals surface area (Å²) in [6.45, 7) is 0. The summed E-state index contributed by atoms with van der Waals surface area (Å²) < 4.78 is 2.12. The smallest absolute Gasteiger partial charge is 0.163 e. The average Bonchev–Trinajstić information content (AvgIpc) is 2.33. The van der Waals surface area contributed by atoms with Gasteiger partial charge in [-0.3, -0.25) is 4.79 Å². The molecule has 17 heavy (non-hydrogen) atoms. The van der Waals surface area contributed by atoms with Crippen molar-refractivity contribution in [2.24, 2.45) is 0 Å². The van der Waals surface area contributed by atoms with Crippen molar-refractivity contribution in [3.63, 3.8) is 0 Å². The van der Waals surface area contributed by atoms with E-state index in [1.807, 2.05) is 18.2 Å². The predicted octanol–water partition coefficient (Wildman–Crippen LogP) is 4.88. The highest BCUT2D eigenvalue weighted by atomic mass is 79.9. The van der Waals surface area contributed by atoms with Crippen LogP contribution in [0, 0.1) is 0 Å². The van der Waals surface area contributed by atoms with E-state index in [0.29, 0.717) is 6.42 Å². The molecule has 0 aromatic heterocycles. The average molecular weight is 354 g/mol. The first-order chi connectivity index (χ1) is 8.16. The maximum atomic E-state index is 11.9. The minimum absolute atomic E-state index is 0.278. The molecule has 86 valence electrons. The van der Waals surface area contributed by atoms with Gasteiger partial charge >= 0.3 is 0 Å². The van der Waals surface area contributed by atoms with E-state index >= 15 is 0 Å². The Bertz CT molecular complexity index is 632. The van der Waals surface area contributed by atoms with Crippen molar-refractivity contribution in [3.05, 3.63) is 44.3 Å². The molecule has 0 radical (unpaired) electrons. The first-order valence-electron chi connectivity index (χ1n) is 5.60. The molecule has 0 fully saturated rings. The highest BCUT2D eigenvalue weighted by molar-refractivity contribution is 9.11. The second kappa shape index (κ2) is 4.21. The summed E-state index contributed by atoms with van der Waals surface area (Å²) in [5, 5.41) is 2.28. The molecule has 1 aliphatic carbocycles. The fourth-order valence-corrected chi connectivity index (χ4v) is 3.33. The summed E-state index contributed by atoms with van der Waals surface area (Å²) >= 11 is 7.11. The van der Waals surface area contributed by atoms with Crippen molar-refractivity contribution in [2.75, 3.05) is 0 Å². The minimum atomic E-state index is 0.278. The van der Waals surface area contributed by atoms with E-state index in [2.05, 4.69) is 37.9 Å². The third-order valence-corrected chi connectivity index (χ3v) is 4.67. The zero-order valence-corrected chi connectivity index (χ0v) is 12.3. The van der Waals surface area contributed by atoms with Gasteiger partial charge in [-0.05, 0) is 53.4 Å². The van der Waals surface area contributed by atoms with E-state index in [0.717, 1.165) is 32.7 Å². The number of carbonyl (C=O) groups is 1. The lowest BCUT2D eigenvalue weighted by Crippen LogP contribution is -2.10. The number of ketones is 1. The fraction of sp³-hybridized carbons (Fsp3) is 0.214. The van der Waals surface area contributed by atoms with Crippen LogP contribution in [0.15, 0.2) is 33.2 Å². The molecule has 3 rings (SSSR count). The van der Waals surface area contributed by atoms with Crippen LogP contribution in [0.1, 0.15) is 28.8 Å². The van der Waals surface area contributed by atoms with E-state index in [-0.39, 0.29) is 5.78 Å². The first kappa shape index (κ1) is 11.4. The molecule has 0 heterocycles. The van der Waals surface area contributed by atoms with Crippen molar-refractivity contribution >= 4 is 48.4 Å². The lowest BCUT2D eigenvalue weighted by molar-refractivity contribution is 0.0972. The normalized spacial score (nSPS) is 15.1. The van der Waals surface area contributed by atoms with Crippen molar-refractivity contribution in [3.8, 4) is 0 Å². The predicted molar refractivity (Wildman–Crippen MR) is 76.6 cm³/mol. The fourth-order valence-electron chi connectivity index (χ4n) is 2.41. The summed E-state index contributed by atoms with van der Waals surface area (Å²) in [5.74, 6) is 0.278. The molecule has 0 aliphatic heterocycles. The van der Waals surface area contributed by atoms with E-state index < -0.39 is 0 Å². The SMILES string of the molecule is O=C1CCCc2cc3c(Br)ccc(Br)c3cc21. The Labute approximate surface area is 116 Å². The van der Waals surface area contributed by atoms with Crippen molar-refractivity contribution in [2.45, 2.75) is 19.3 Å². The monoisotopic (exact) mass is 352 g/mol. The van der Waals surface area contributed by atoms with Gasteiger partial charge in [0.15, 0.2) is 5.78 Å². The molecular formula is C14H10Br2O. The van der Waals surface area contributed by atoms with Crippen LogP contribution in [0.5, 0.6) is 0 Å². The molecule has 1 aliphatic rings. The number of benzene rings is 2. The van der Waals surface area contributed by atoms with Gasteiger partial charge in [0.2, 0.25) is 0 Å². The molecule has 0 N–H and O–H groups in total. The maximum Gasteiger partial charge on any atom is 0.163 e. The number of carbonyl (C=O) groups excluding carboxylic acids is 1. The Hall–Kier alpha value is -0.670. The van der Waals surface area contributed by atoms with Gasteiger partial charge in [0.25, 0.3) is 0 Å². The van der Waals surface area contributed by atoms with Gasteiger partial charge in [-0.15, -0.1) is 0 Å². The lowest BCUT2D eigenvalue weighted by Gasteiger charge is -2.16. The van der Waals surface area contributed by atoms with Gasteiger partial charge < -0.3 is 0 Å². The third kappa shape index (κ3) is 1.85. The number of hydrogen-bond donors (Lipinski definition) is 0.